The Bertz CT molecular complexity index is 954. The lowest BCUT2D eigenvalue weighted by Gasteiger charge is -2.13. The van der Waals surface area contributed by atoms with Crippen LogP contribution < -0.4 is 5.63 Å². The molecule has 2 aliphatic heterocycles. The van der Waals surface area contributed by atoms with Gasteiger partial charge in [-0.25, -0.2) is 4.79 Å². The summed E-state index contributed by atoms with van der Waals surface area (Å²) in [6.45, 7) is 1.72. The van der Waals surface area contributed by atoms with Crippen molar-refractivity contribution in [3.05, 3.63) is 39.7 Å². The normalized spacial score (nSPS) is 30.0. The van der Waals surface area contributed by atoms with Crippen LogP contribution in [-0.4, -0.2) is 49.8 Å². The third-order valence-electron chi connectivity index (χ3n) is 4.97. The molecule has 8 heteroatoms. The summed E-state index contributed by atoms with van der Waals surface area (Å²) in [5, 5.41) is 29.2. The van der Waals surface area contributed by atoms with Gasteiger partial charge in [0.15, 0.2) is 0 Å². The molecule has 2 fully saturated rings. The highest BCUT2D eigenvalue weighted by Crippen LogP contribution is 2.65. The summed E-state index contributed by atoms with van der Waals surface area (Å²) in [5.41, 5.74) is -0.566. The number of benzene rings is 1. The van der Waals surface area contributed by atoms with E-state index >= 15 is 0 Å². The number of rotatable bonds is 4. The Balaban J connectivity index is 1.83. The SMILES string of the molecule is Cc1cc(=O)oc2c(CC34C(C(=O)O)N3C4C(=O)O)c(O)ccc12. The van der Waals surface area contributed by atoms with E-state index in [2.05, 4.69) is 0 Å². The molecule has 2 atom stereocenters. The van der Waals surface area contributed by atoms with Gasteiger partial charge in [-0.05, 0) is 24.6 Å². The molecule has 1 aromatic heterocycles. The van der Waals surface area contributed by atoms with Crippen LogP contribution in [0.25, 0.3) is 11.0 Å². The fourth-order valence-electron chi connectivity index (χ4n) is 3.79. The number of aryl methyl sites for hydroxylation is 1. The molecule has 0 amide bonds. The number of phenols is 1. The number of carboxylic acids is 2. The summed E-state index contributed by atoms with van der Waals surface area (Å²) in [6, 6.07) is 2.56. The molecule has 0 radical (unpaired) electrons. The second-order valence-corrected chi connectivity index (χ2v) is 6.25. The average Bonchev–Trinajstić information content (AvgIpc) is 3.29. The molecule has 2 saturated heterocycles. The van der Waals surface area contributed by atoms with E-state index in [0.717, 1.165) is 0 Å². The Morgan fingerprint density at radius 2 is 1.88 bits per heavy atom. The van der Waals surface area contributed by atoms with Gasteiger partial charge in [-0.15, -0.1) is 0 Å². The number of nitrogens with zero attached hydrogens (tertiary/aromatic N) is 1. The predicted octanol–water partition coefficient (Wildman–Crippen LogP) is 0.324. The van der Waals surface area contributed by atoms with Crippen LogP contribution >= 0.6 is 0 Å². The van der Waals surface area contributed by atoms with E-state index in [1.807, 2.05) is 0 Å². The molecule has 3 N–H and O–H groups in total. The van der Waals surface area contributed by atoms with E-state index in [-0.39, 0.29) is 23.3 Å². The van der Waals surface area contributed by atoms with Crippen LogP contribution in [0.1, 0.15) is 11.1 Å². The quantitative estimate of drug-likeness (QED) is 0.540. The smallest absolute Gasteiger partial charge is 0.336 e. The maximum absolute atomic E-state index is 11.7. The molecule has 0 bridgehead atoms. The molecular formula is C16H13NO7. The number of aromatic hydroxyl groups is 1. The van der Waals surface area contributed by atoms with E-state index in [9.17, 15) is 29.7 Å². The van der Waals surface area contributed by atoms with Crippen molar-refractivity contribution in [3.63, 3.8) is 0 Å². The van der Waals surface area contributed by atoms with Gasteiger partial charge < -0.3 is 19.7 Å². The molecule has 2 aromatic rings. The van der Waals surface area contributed by atoms with E-state index in [0.29, 0.717) is 10.9 Å². The average molecular weight is 331 g/mol. The third kappa shape index (κ3) is 1.68. The number of hydrogen-bond acceptors (Lipinski definition) is 6. The third-order valence-corrected chi connectivity index (χ3v) is 4.97. The van der Waals surface area contributed by atoms with Crippen molar-refractivity contribution in [2.24, 2.45) is 0 Å². The van der Waals surface area contributed by atoms with Crippen LogP contribution in [0.2, 0.25) is 0 Å². The molecule has 0 aliphatic carbocycles. The molecule has 8 nitrogen and oxygen atoms in total. The molecule has 3 heterocycles. The van der Waals surface area contributed by atoms with Gasteiger partial charge in [0.05, 0.1) is 5.54 Å². The van der Waals surface area contributed by atoms with Crippen LogP contribution in [0.15, 0.2) is 27.4 Å². The Labute approximate surface area is 134 Å². The van der Waals surface area contributed by atoms with Gasteiger partial charge in [-0.2, -0.15) is 0 Å². The molecule has 4 rings (SSSR count). The highest BCUT2D eigenvalue weighted by Gasteiger charge is 2.90. The fourth-order valence-corrected chi connectivity index (χ4v) is 3.79. The lowest BCUT2D eigenvalue weighted by atomic mass is 9.90. The van der Waals surface area contributed by atoms with Crippen molar-refractivity contribution in [2.45, 2.75) is 31.0 Å². The molecule has 24 heavy (non-hydrogen) atoms. The molecule has 0 saturated carbocycles. The van der Waals surface area contributed by atoms with Gasteiger partial charge in [0.1, 0.15) is 23.4 Å². The number of aliphatic carboxylic acids is 2. The van der Waals surface area contributed by atoms with Crippen LogP contribution in [-0.2, 0) is 16.0 Å². The van der Waals surface area contributed by atoms with Gasteiger partial charge in [-0.3, -0.25) is 14.5 Å². The van der Waals surface area contributed by atoms with Crippen LogP contribution in [0, 0.1) is 6.92 Å². The van der Waals surface area contributed by atoms with Crippen molar-refractivity contribution >= 4 is 22.9 Å². The van der Waals surface area contributed by atoms with E-state index in [1.54, 1.807) is 13.0 Å². The van der Waals surface area contributed by atoms with Gasteiger partial charge in [-0.1, -0.05) is 0 Å². The highest BCUT2D eigenvalue weighted by atomic mass is 16.4. The predicted molar refractivity (Wildman–Crippen MR) is 80.0 cm³/mol. The summed E-state index contributed by atoms with van der Waals surface area (Å²) in [4.78, 5) is 35.5. The van der Waals surface area contributed by atoms with Crippen LogP contribution in [0.4, 0.5) is 0 Å². The monoisotopic (exact) mass is 331 g/mol. The molecule has 2 unspecified atom stereocenters. The number of fused-ring (bicyclic) bond motifs is 2. The summed E-state index contributed by atoms with van der Waals surface area (Å²) in [5.74, 6) is -2.37. The Morgan fingerprint density at radius 3 is 2.46 bits per heavy atom. The maximum atomic E-state index is 11.7. The van der Waals surface area contributed by atoms with Crippen molar-refractivity contribution in [3.8, 4) is 5.75 Å². The Morgan fingerprint density at radius 1 is 1.25 bits per heavy atom. The second-order valence-electron chi connectivity index (χ2n) is 6.25. The molecule has 1 aromatic carbocycles. The van der Waals surface area contributed by atoms with Crippen molar-refractivity contribution in [1.29, 1.82) is 0 Å². The largest absolute Gasteiger partial charge is 0.508 e. The van der Waals surface area contributed by atoms with Gasteiger partial charge in [0.2, 0.25) is 0 Å². The molecule has 2 aliphatic rings. The van der Waals surface area contributed by atoms with Gasteiger partial charge in [0, 0.05) is 23.4 Å². The number of hydrogen-bond donors (Lipinski definition) is 3. The minimum atomic E-state index is -1.11. The lowest BCUT2D eigenvalue weighted by Crippen LogP contribution is -2.37. The first-order valence-corrected chi connectivity index (χ1v) is 7.28. The van der Waals surface area contributed by atoms with E-state index in [1.165, 1.54) is 17.0 Å². The van der Waals surface area contributed by atoms with Gasteiger partial charge in [0.25, 0.3) is 0 Å². The minimum Gasteiger partial charge on any atom is -0.508 e. The van der Waals surface area contributed by atoms with Crippen LogP contribution in [0.5, 0.6) is 5.75 Å². The first-order chi connectivity index (χ1) is 11.3. The number of carbonyl (C=O) groups is 2. The molecule has 0 spiro atoms. The second kappa shape index (κ2) is 4.35. The van der Waals surface area contributed by atoms with Crippen LogP contribution in [0.3, 0.4) is 0 Å². The zero-order chi connectivity index (χ0) is 17.4. The fraction of sp³-hybridized carbons (Fsp3) is 0.312. The first-order valence-electron chi connectivity index (χ1n) is 7.28. The zero-order valence-corrected chi connectivity index (χ0v) is 12.5. The van der Waals surface area contributed by atoms with Crippen molar-refractivity contribution in [2.75, 3.05) is 0 Å². The molecule has 124 valence electrons. The highest BCUT2D eigenvalue weighted by molar-refractivity contribution is 5.95. The lowest BCUT2D eigenvalue weighted by molar-refractivity contribution is -0.142. The van der Waals surface area contributed by atoms with E-state index < -0.39 is 35.2 Å². The summed E-state index contributed by atoms with van der Waals surface area (Å²) < 4.78 is 5.21. The minimum absolute atomic E-state index is 0.0174. The topological polar surface area (TPSA) is 128 Å². The first kappa shape index (κ1) is 14.7. The number of phenolic OH excluding ortho intramolecular Hbond substituents is 1. The zero-order valence-electron chi connectivity index (χ0n) is 12.5. The number of carboxylic acid groups (broad SMARTS) is 2. The Hall–Kier alpha value is -2.87. The van der Waals surface area contributed by atoms with Crippen molar-refractivity contribution in [1.82, 2.24) is 4.90 Å². The maximum Gasteiger partial charge on any atom is 0.336 e. The standard InChI is InChI=1S/C16H13NO7/c1-6-4-10(19)24-11-7(6)2-3-9(18)8(11)5-16-12(14(20)21)17(16)13(16)15(22)23/h2-4,12-13,18H,5H2,1H3,(H,20,21)(H,22,23). The van der Waals surface area contributed by atoms with E-state index in [4.69, 9.17) is 4.42 Å². The summed E-state index contributed by atoms with van der Waals surface area (Å²) in [6.07, 6.45) is -0.0174. The molecular weight excluding hydrogens is 318 g/mol. The van der Waals surface area contributed by atoms with Crippen molar-refractivity contribution < 1.29 is 29.3 Å². The Kier molecular flexibility index (Phi) is 2.67. The summed E-state index contributed by atoms with van der Waals surface area (Å²) >= 11 is 0. The summed E-state index contributed by atoms with van der Waals surface area (Å²) in [7, 11) is 0. The van der Waals surface area contributed by atoms with Gasteiger partial charge >= 0.3 is 17.6 Å².